The Morgan fingerprint density at radius 2 is 2.38 bits per heavy atom. The van der Waals surface area contributed by atoms with Crippen LogP contribution in [0.1, 0.15) is 0 Å². The summed E-state index contributed by atoms with van der Waals surface area (Å²) in [4.78, 5) is 13.2. The summed E-state index contributed by atoms with van der Waals surface area (Å²) in [6.45, 7) is 1.31. The molecule has 1 N–H and O–H groups in total. The molecule has 0 saturated heterocycles. The molecule has 1 aliphatic rings. The van der Waals surface area contributed by atoms with Crippen molar-refractivity contribution in [1.82, 2.24) is 0 Å². The minimum absolute atomic E-state index is 0.0878. The Hall–Kier alpha value is -1.62. The highest BCUT2D eigenvalue weighted by Crippen LogP contribution is 2.29. The number of halogens is 1. The van der Waals surface area contributed by atoms with Gasteiger partial charge in [0, 0.05) is 13.7 Å². The third-order valence-electron chi connectivity index (χ3n) is 2.47. The molecule has 0 bridgehead atoms. The van der Waals surface area contributed by atoms with Crippen LogP contribution in [0.3, 0.4) is 0 Å². The molecule has 86 valence electrons. The summed E-state index contributed by atoms with van der Waals surface area (Å²) >= 11 is 0. The van der Waals surface area contributed by atoms with Crippen molar-refractivity contribution in [3.8, 4) is 0 Å². The van der Waals surface area contributed by atoms with Crippen LogP contribution in [0.15, 0.2) is 18.2 Å². The molecule has 2 rings (SSSR count). The molecule has 1 amide bonds. The number of nitrogens with zero attached hydrogens (tertiary/aromatic N) is 1. The van der Waals surface area contributed by atoms with Crippen LogP contribution in [-0.2, 0) is 9.53 Å². The summed E-state index contributed by atoms with van der Waals surface area (Å²) in [7, 11) is 1.59. The number of fused-ring (bicyclic) bond motifs is 1. The summed E-state index contributed by atoms with van der Waals surface area (Å²) < 4.78 is 18.1. The van der Waals surface area contributed by atoms with Crippen LogP contribution in [0.5, 0.6) is 0 Å². The standard InChI is InChI=1S/C11H13FN2O2/c1-16-5-4-14-7-11(15)13-9-3-2-8(12)6-10(9)14/h2-3,6H,4-5,7H2,1H3,(H,13,15). The van der Waals surface area contributed by atoms with E-state index in [-0.39, 0.29) is 18.3 Å². The number of methoxy groups -OCH3 is 1. The number of anilines is 2. The van der Waals surface area contributed by atoms with Crippen molar-refractivity contribution in [2.24, 2.45) is 0 Å². The van der Waals surface area contributed by atoms with Crippen molar-refractivity contribution in [3.63, 3.8) is 0 Å². The lowest BCUT2D eigenvalue weighted by Crippen LogP contribution is -2.40. The average Bonchev–Trinajstić information content (AvgIpc) is 2.26. The Labute approximate surface area is 93.0 Å². The number of hydrogen-bond donors (Lipinski definition) is 1. The molecule has 0 radical (unpaired) electrons. The average molecular weight is 224 g/mol. The van der Waals surface area contributed by atoms with Crippen LogP contribution >= 0.6 is 0 Å². The zero-order valence-corrected chi connectivity index (χ0v) is 9.00. The van der Waals surface area contributed by atoms with Gasteiger partial charge in [0.1, 0.15) is 5.82 Å². The lowest BCUT2D eigenvalue weighted by atomic mass is 10.2. The minimum Gasteiger partial charge on any atom is -0.383 e. The summed E-state index contributed by atoms with van der Waals surface area (Å²) in [5.41, 5.74) is 1.35. The topological polar surface area (TPSA) is 41.6 Å². The Morgan fingerprint density at radius 1 is 1.56 bits per heavy atom. The van der Waals surface area contributed by atoms with Crippen molar-refractivity contribution < 1.29 is 13.9 Å². The molecular formula is C11H13FN2O2. The maximum absolute atomic E-state index is 13.1. The van der Waals surface area contributed by atoms with E-state index in [1.807, 2.05) is 0 Å². The molecule has 0 aliphatic carbocycles. The molecule has 1 aromatic carbocycles. The summed E-state index contributed by atoms with van der Waals surface area (Å²) in [6, 6.07) is 4.32. The van der Waals surface area contributed by atoms with Crippen LogP contribution in [0.25, 0.3) is 0 Å². The van der Waals surface area contributed by atoms with E-state index in [0.717, 1.165) is 0 Å². The second kappa shape index (κ2) is 4.49. The van der Waals surface area contributed by atoms with Gasteiger partial charge >= 0.3 is 0 Å². The van der Waals surface area contributed by atoms with Gasteiger partial charge in [-0.25, -0.2) is 4.39 Å². The van der Waals surface area contributed by atoms with Gasteiger partial charge in [-0.3, -0.25) is 4.79 Å². The Balaban J connectivity index is 2.28. The fourth-order valence-corrected chi connectivity index (χ4v) is 1.72. The van der Waals surface area contributed by atoms with Crippen molar-refractivity contribution in [2.45, 2.75) is 0 Å². The smallest absolute Gasteiger partial charge is 0.243 e. The number of benzene rings is 1. The number of nitrogens with one attached hydrogen (secondary N) is 1. The first-order valence-electron chi connectivity index (χ1n) is 5.04. The molecule has 0 spiro atoms. The fourth-order valence-electron chi connectivity index (χ4n) is 1.72. The number of ether oxygens (including phenoxy) is 1. The van der Waals surface area contributed by atoms with E-state index in [1.54, 1.807) is 18.1 Å². The van der Waals surface area contributed by atoms with Gasteiger partial charge in [0.25, 0.3) is 0 Å². The Morgan fingerprint density at radius 3 is 3.12 bits per heavy atom. The third kappa shape index (κ3) is 2.14. The molecule has 4 nitrogen and oxygen atoms in total. The molecule has 16 heavy (non-hydrogen) atoms. The first-order chi connectivity index (χ1) is 7.70. The Bertz CT molecular complexity index is 409. The predicted octanol–water partition coefficient (Wildman–Crippen LogP) is 1.23. The van der Waals surface area contributed by atoms with Gasteiger partial charge in [-0.05, 0) is 18.2 Å². The molecular weight excluding hydrogens is 211 g/mol. The second-order valence-electron chi connectivity index (χ2n) is 3.62. The highest BCUT2D eigenvalue weighted by Gasteiger charge is 2.21. The zero-order chi connectivity index (χ0) is 11.5. The summed E-state index contributed by atoms with van der Waals surface area (Å²) in [6.07, 6.45) is 0. The Kier molecular flexibility index (Phi) is 3.05. The van der Waals surface area contributed by atoms with Crippen LogP contribution in [0.2, 0.25) is 0 Å². The lowest BCUT2D eigenvalue weighted by molar-refractivity contribution is -0.115. The lowest BCUT2D eigenvalue weighted by Gasteiger charge is -2.30. The molecule has 1 heterocycles. The number of hydrogen-bond acceptors (Lipinski definition) is 3. The molecule has 5 heteroatoms. The van der Waals surface area contributed by atoms with E-state index in [9.17, 15) is 9.18 Å². The van der Waals surface area contributed by atoms with E-state index >= 15 is 0 Å². The SMILES string of the molecule is COCCN1CC(=O)Nc2ccc(F)cc21. The quantitative estimate of drug-likeness (QED) is 0.839. The first kappa shape index (κ1) is 10.9. The molecule has 0 saturated carbocycles. The van der Waals surface area contributed by atoms with E-state index < -0.39 is 0 Å². The van der Waals surface area contributed by atoms with Crippen molar-refractivity contribution in [1.29, 1.82) is 0 Å². The van der Waals surface area contributed by atoms with Crippen molar-refractivity contribution in [3.05, 3.63) is 24.0 Å². The number of carbonyl (C=O) groups excluding carboxylic acids is 1. The van der Waals surface area contributed by atoms with Gasteiger partial charge in [0.15, 0.2) is 0 Å². The molecule has 0 atom stereocenters. The van der Waals surface area contributed by atoms with Crippen LogP contribution < -0.4 is 10.2 Å². The highest BCUT2D eigenvalue weighted by atomic mass is 19.1. The molecule has 0 aromatic heterocycles. The zero-order valence-electron chi connectivity index (χ0n) is 9.00. The van der Waals surface area contributed by atoms with Gasteiger partial charge in [0.05, 0.1) is 24.5 Å². The molecule has 0 fully saturated rings. The summed E-state index contributed by atoms with van der Waals surface area (Å²) in [5, 5.41) is 2.71. The molecule has 0 unspecified atom stereocenters. The van der Waals surface area contributed by atoms with E-state index in [4.69, 9.17) is 4.74 Å². The van der Waals surface area contributed by atoms with Crippen molar-refractivity contribution >= 4 is 17.3 Å². The number of carbonyl (C=O) groups is 1. The van der Waals surface area contributed by atoms with E-state index in [2.05, 4.69) is 5.32 Å². The third-order valence-corrected chi connectivity index (χ3v) is 2.47. The normalized spacial score (nSPS) is 14.6. The van der Waals surface area contributed by atoms with Gasteiger partial charge in [-0.15, -0.1) is 0 Å². The van der Waals surface area contributed by atoms with Crippen molar-refractivity contribution in [2.75, 3.05) is 37.0 Å². The maximum Gasteiger partial charge on any atom is 0.243 e. The molecule has 1 aliphatic heterocycles. The van der Waals surface area contributed by atoms with Crippen LogP contribution in [0.4, 0.5) is 15.8 Å². The second-order valence-corrected chi connectivity index (χ2v) is 3.62. The van der Waals surface area contributed by atoms with Gasteiger partial charge in [-0.2, -0.15) is 0 Å². The highest BCUT2D eigenvalue weighted by molar-refractivity contribution is 6.01. The van der Waals surface area contributed by atoms with E-state index in [1.165, 1.54) is 12.1 Å². The van der Waals surface area contributed by atoms with Crippen LogP contribution in [0, 0.1) is 5.82 Å². The van der Waals surface area contributed by atoms with Gasteiger partial charge < -0.3 is 15.0 Å². The predicted molar refractivity (Wildman–Crippen MR) is 59.1 cm³/mol. The first-order valence-corrected chi connectivity index (χ1v) is 5.04. The largest absolute Gasteiger partial charge is 0.383 e. The molecule has 1 aromatic rings. The fraction of sp³-hybridized carbons (Fsp3) is 0.364. The van der Waals surface area contributed by atoms with Gasteiger partial charge in [0.2, 0.25) is 5.91 Å². The summed E-state index contributed by atoms with van der Waals surface area (Å²) in [5.74, 6) is -0.396. The minimum atomic E-state index is -0.308. The number of amides is 1. The van der Waals surface area contributed by atoms with E-state index in [0.29, 0.717) is 24.5 Å². The van der Waals surface area contributed by atoms with Gasteiger partial charge in [-0.1, -0.05) is 0 Å². The maximum atomic E-state index is 13.1. The monoisotopic (exact) mass is 224 g/mol. The van der Waals surface area contributed by atoms with Crippen LogP contribution in [-0.4, -0.2) is 32.7 Å². The number of rotatable bonds is 3.